The first-order valence-electron chi connectivity index (χ1n) is 7.09. The van der Waals surface area contributed by atoms with Crippen LogP contribution in [0.3, 0.4) is 0 Å². The van der Waals surface area contributed by atoms with Gasteiger partial charge >= 0.3 is 0 Å². The number of hydrogen-bond acceptors (Lipinski definition) is 5. The highest BCUT2D eigenvalue weighted by Gasteiger charge is 2.27. The third-order valence-electron chi connectivity index (χ3n) is 3.46. The molecule has 2 aromatic rings. The standard InChI is InChI=1S/C15H20N4S/c1-10(7-11-5-6-20-9-11)17-14-8-13(16-2)18-15(19-14)12-3-4-12/h5-6,8-10,12H,3-4,7H2,1-2H3,(H2,16,17,18,19). The summed E-state index contributed by atoms with van der Waals surface area (Å²) in [6.07, 6.45) is 3.45. The molecule has 106 valence electrons. The molecule has 4 nitrogen and oxygen atoms in total. The van der Waals surface area contributed by atoms with E-state index >= 15 is 0 Å². The van der Waals surface area contributed by atoms with E-state index in [2.05, 4.69) is 44.4 Å². The van der Waals surface area contributed by atoms with E-state index < -0.39 is 0 Å². The zero-order valence-electron chi connectivity index (χ0n) is 11.9. The molecule has 1 aliphatic rings. The Balaban J connectivity index is 1.70. The molecular weight excluding hydrogens is 268 g/mol. The average molecular weight is 288 g/mol. The molecule has 0 saturated heterocycles. The summed E-state index contributed by atoms with van der Waals surface area (Å²) in [5.74, 6) is 3.36. The molecule has 0 amide bonds. The second kappa shape index (κ2) is 5.79. The fourth-order valence-corrected chi connectivity index (χ4v) is 2.94. The molecule has 0 radical (unpaired) electrons. The first-order valence-corrected chi connectivity index (χ1v) is 8.03. The van der Waals surface area contributed by atoms with Crippen LogP contribution in [0.1, 0.15) is 37.1 Å². The Morgan fingerprint density at radius 2 is 2.15 bits per heavy atom. The van der Waals surface area contributed by atoms with E-state index in [1.807, 2.05) is 13.1 Å². The minimum absolute atomic E-state index is 0.358. The minimum Gasteiger partial charge on any atom is -0.373 e. The van der Waals surface area contributed by atoms with Crippen LogP contribution in [-0.2, 0) is 6.42 Å². The van der Waals surface area contributed by atoms with Crippen molar-refractivity contribution in [2.45, 2.75) is 38.1 Å². The van der Waals surface area contributed by atoms with Crippen LogP contribution in [0.4, 0.5) is 11.6 Å². The van der Waals surface area contributed by atoms with Crippen LogP contribution in [0.2, 0.25) is 0 Å². The topological polar surface area (TPSA) is 49.8 Å². The predicted octanol–water partition coefficient (Wildman–Crippen LogP) is 3.50. The summed E-state index contributed by atoms with van der Waals surface area (Å²) in [6, 6.07) is 4.52. The largest absolute Gasteiger partial charge is 0.373 e. The van der Waals surface area contributed by atoms with Gasteiger partial charge in [-0.1, -0.05) is 0 Å². The third kappa shape index (κ3) is 3.28. The molecule has 3 rings (SSSR count). The van der Waals surface area contributed by atoms with Crippen LogP contribution < -0.4 is 10.6 Å². The Bertz CT molecular complexity index is 563. The molecule has 20 heavy (non-hydrogen) atoms. The molecule has 2 N–H and O–H groups in total. The molecule has 1 atom stereocenters. The van der Waals surface area contributed by atoms with Gasteiger partial charge in [0.25, 0.3) is 0 Å². The highest BCUT2D eigenvalue weighted by molar-refractivity contribution is 7.07. The van der Waals surface area contributed by atoms with E-state index in [0.717, 1.165) is 23.9 Å². The Hall–Kier alpha value is -1.62. The van der Waals surface area contributed by atoms with E-state index in [1.54, 1.807) is 11.3 Å². The number of hydrogen-bond donors (Lipinski definition) is 2. The van der Waals surface area contributed by atoms with Gasteiger partial charge in [0.15, 0.2) is 0 Å². The lowest BCUT2D eigenvalue weighted by molar-refractivity contribution is 0.781. The summed E-state index contributed by atoms with van der Waals surface area (Å²) < 4.78 is 0. The monoisotopic (exact) mass is 288 g/mol. The molecule has 1 aliphatic carbocycles. The van der Waals surface area contributed by atoms with E-state index in [1.165, 1.54) is 18.4 Å². The number of nitrogens with zero attached hydrogens (tertiary/aromatic N) is 2. The van der Waals surface area contributed by atoms with Gasteiger partial charge in [-0.3, -0.25) is 0 Å². The highest BCUT2D eigenvalue weighted by Crippen LogP contribution is 2.38. The van der Waals surface area contributed by atoms with Crippen LogP contribution >= 0.6 is 11.3 Å². The molecule has 1 unspecified atom stereocenters. The predicted molar refractivity (Wildman–Crippen MR) is 84.7 cm³/mol. The maximum absolute atomic E-state index is 4.65. The molecule has 0 aliphatic heterocycles. The van der Waals surface area contributed by atoms with Crippen molar-refractivity contribution < 1.29 is 0 Å². The van der Waals surface area contributed by atoms with Gasteiger partial charge in [-0.2, -0.15) is 11.3 Å². The van der Waals surface area contributed by atoms with Crippen molar-refractivity contribution in [3.8, 4) is 0 Å². The molecule has 0 bridgehead atoms. The van der Waals surface area contributed by atoms with Gasteiger partial charge in [-0.25, -0.2) is 9.97 Å². The zero-order valence-corrected chi connectivity index (χ0v) is 12.7. The number of anilines is 2. The van der Waals surface area contributed by atoms with Crippen molar-refractivity contribution in [2.75, 3.05) is 17.7 Å². The van der Waals surface area contributed by atoms with Crippen LogP contribution in [0.25, 0.3) is 0 Å². The molecule has 2 heterocycles. The van der Waals surface area contributed by atoms with Crippen LogP contribution in [-0.4, -0.2) is 23.1 Å². The SMILES string of the molecule is CNc1cc(NC(C)Cc2ccsc2)nc(C2CC2)n1. The van der Waals surface area contributed by atoms with Crippen molar-refractivity contribution in [1.29, 1.82) is 0 Å². The van der Waals surface area contributed by atoms with E-state index in [-0.39, 0.29) is 0 Å². The maximum atomic E-state index is 4.65. The fourth-order valence-electron chi connectivity index (χ4n) is 2.26. The lowest BCUT2D eigenvalue weighted by atomic mass is 10.1. The Morgan fingerprint density at radius 3 is 2.80 bits per heavy atom. The molecule has 2 aromatic heterocycles. The number of aromatic nitrogens is 2. The maximum Gasteiger partial charge on any atom is 0.136 e. The molecular formula is C15H20N4S. The second-order valence-corrected chi connectivity index (χ2v) is 6.18. The third-order valence-corrected chi connectivity index (χ3v) is 4.19. The van der Waals surface area contributed by atoms with Gasteiger partial charge in [0.1, 0.15) is 17.5 Å². The lowest BCUT2D eigenvalue weighted by Crippen LogP contribution is -2.19. The van der Waals surface area contributed by atoms with Gasteiger partial charge in [-0.05, 0) is 48.6 Å². The van der Waals surface area contributed by atoms with Crippen LogP contribution in [0.5, 0.6) is 0 Å². The van der Waals surface area contributed by atoms with Gasteiger partial charge in [0.2, 0.25) is 0 Å². The van der Waals surface area contributed by atoms with Crippen molar-refractivity contribution in [3.05, 3.63) is 34.3 Å². The first-order chi connectivity index (χ1) is 9.74. The minimum atomic E-state index is 0.358. The summed E-state index contributed by atoms with van der Waals surface area (Å²) >= 11 is 1.75. The van der Waals surface area contributed by atoms with Crippen LogP contribution in [0.15, 0.2) is 22.9 Å². The van der Waals surface area contributed by atoms with Crippen molar-refractivity contribution in [3.63, 3.8) is 0 Å². The van der Waals surface area contributed by atoms with Crippen molar-refractivity contribution in [1.82, 2.24) is 9.97 Å². The van der Waals surface area contributed by atoms with Crippen molar-refractivity contribution in [2.24, 2.45) is 0 Å². The van der Waals surface area contributed by atoms with Gasteiger partial charge in [0, 0.05) is 25.1 Å². The fraction of sp³-hybridized carbons (Fsp3) is 0.467. The van der Waals surface area contributed by atoms with Gasteiger partial charge in [0.05, 0.1) is 0 Å². The zero-order chi connectivity index (χ0) is 13.9. The van der Waals surface area contributed by atoms with E-state index in [0.29, 0.717) is 12.0 Å². The molecule has 5 heteroatoms. The Kier molecular flexibility index (Phi) is 3.87. The normalized spacial score (nSPS) is 15.9. The highest BCUT2D eigenvalue weighted by atomic mass is 32.1. The summed E-state index contributed by atoms with van der Waals surface area (Å²) in [5, 5.41) is 10.9. The molecule has 1 saturated carbocycles. The number of rotatable bonds is 6. The molecule has 0 spiro atoms. The van der Waals surface area contributed by atoms with Crippen LogP contribution in [0, 0.1) is 0 Å². The van der Waals surface area contributed by atoms with Crippen molar-refractivity contribution >= 4 is 23.0 Å². The average Bonchev–Trinajstić information content (AvgIpc) is 3.17. The Labute approximate surface area is 123 Å². The lowest BCUT2D eigenvalue weighted by Gasteiger charge is -2.15. The number of nitrogens with one attached hydrogen (secondary N) is 2. The van der Waals surface area contributed by atoms with E-state index in [9.17, 15) is 0 Å². The second-order valence-electron chi connectivity index (χ2n) is 5.40. The van der Waals surface area contributed by atoms with Gasteiger partial charge < -0.3 is 10.6 Å². The Morgan fingerprint density at radius 1 is 1.35 bits per heavy atom. The summed E-state index contributed by atoms with van der Waals surface area (Å²) in [5.41, 5.74) is 1.38. The first kappa shape index (κ1) is 13.4. The number of thiophene rings is 1. The summed E-state index contributed by atoms with van der Waals surface area (Å²) in [4.78, 5) is 9.19. The van der Waals surface area contributed by atoms with Gasteiger partial charge in [-0.15, -0.1) is 0 Å². The molecule has 0 aromatic carbocycles. The summed E-state index contributed by atoms with van der Waals surface area (Å²) in [6.45, 7) is 2.19. The summed E-state index contributed by atoms with van der Waals surface area (Å²) in [7, 11) is 1.90. The quantitative estimate of drug-likeness (QED) is 0.854. The molecule has 1 fully saturated rings. The van der Waals surface area contributed by atoms with E-state index in [4.69, 9.17) is 0 Å². The smallest absolute Gasteiger partial charge is 0.136 e.